The van der Waals surface area contributed by atoms with Crippen molar-refractivity contribution in [2.45, 2.75) is 32.7 Å². The number of halogens is 1. The van der Waals surface area contributed by atoms with Gasteiger partial charge in [-0.3, -0.25) is 14.9 Å². The van der Waals surface area contributed by atoms with Crippen LogP contribution in [0.5, 0.6) is 0 Å². The van der Waals surface area contributed by atoms with E-state index in [0.717, 1.165) is 31.0 Å². The lowest BCUT2D eigenvalue weighted by Crippen LogP contribution is -2.32. The maximum atomic E-state index is 13.4. The molecule has 0 aliphatic heterocycles. The second-order valence-corrected chi connectivity index (χ2v) is 4.08. The second kappa shape index (κ2) is 6.09. The van der Waals surface area contributed by atoms with Crippen LogP contribution in [0.3, 0.4) is 0 Å². The van der Waals surface area contributed by atoms with Gasteiger partial charge in [-0.15, -0.1) is 0 Å². The maximum Gasteiger partial charge on any atom is 0.270 e. The van der Waals surface area contributed by atoms with Crippen LogP contribution in [-0.2, 0) is 0 Å². The fourth-order valence-electron chi connectivity index (χ4n) is 1.61. The van der Waals surface area contributed by atoms with E-state index in [2.05, 4.69) is 5.32 Å². The van der Waals surface area contributed by atoms with Crippen molar-refractivity contribution in [3.63, 3.8) is 0 Å². The highest BCUT2D eigenvalue weighted by atomic mass is 19.1. The molecule has 18 heavy (non-hydrogen) atoms. The molecule has 0 aromatic heterocycles. The van der Waals surface area contributed by atoms with E-state index in [9.17, 15) is 19.3 Å². The Morgan fingerprint density at radius 1 is 1.56 bits per heavy atom. The van der Waals surface area contributed by atoms with Crippen molar-refractivity contribution in [2.75, 3.05) is 0 Å². The van der Waals surface area contributed by atoms with Gasteiger partial charge in [-0.1, -0.05) is 13.3 Å². The summed E-state index contributed by atoms with van der Waals surface area (Å²) in [6, 6.07) is 2.81. The number of amides is 1. The molecule has 0 fully saturated rings. The van der Waals surface area contributed by atoms with Crippen molar-refractivity contribution in [3.8, 4) is 0 Å². The first kappa shape index (κ1) is 14.1. The van der Waals surface area contributed by atoms with Gasteiger partial charge in [-0.25, -0.2) is 4.39 Å². The zero-order valence-electron chi connectivity index (χ0n) is 10.3. The van der Waals surface area contributed by atoms with E-state index in [1.54, 1.807) is 6.92 Å². The van der Waals surface area contributed by atoms with E-state index >= 15 is 0 Å². The molecular weight excluding hydrogens is 239 g/mol. The van der Waals surface area contributed by atoms with Crippen molar-refractivity contribution in [2.24, 2.45) is 0 Å². The van der Waals surface area contributed by atoms with Crippen LogP contribution >= 0.6 is 0 Å². The molecule has 1 rings (SSSR count). The van der Waals surface area contributed by atoms with Gasteiger partial charge in [0.15, 0.2) is 0 Å². The van der Waals surface area contributed by atoms with Gasteiger partial charge in [0, 0.05) is 18.2 Å². The highest BCUT2D eigenvalue weighted by Crippen LogP contribution is 2.17. The third kappa shape index (κ3) is 3.51. The number of carbonyl (C=O) groups is 1. The van der Waals surface area contributed by atoms with Crippen LogP contribution in [0.4, 0.5) is 10.1 Å². The number of rotatable bonds is 5. The summed E-state index contributed by atoms with van der Waals surface area (Å²) in [5.74, 6) is -1.39. The SMILES string of the molecule is CCCC(C)NC(=O)c1cc([N+](=O)[O-])ccc1F. The molecule has 0 bridgehead atoms. The van der Waals surface area contributed by atoms with E-state index < -0.39 is 16.6 Å². The zero-order valence-corrected chi connectivity index (χ0v) is 10.3. The van der Waals surface area contributed by atoms with Crippen molar-refractivity contribution in [1.29, 1.82) is 0 Å². The fourth-order valence-corrected chi connectivity index (χ4v) is 1.61. The Bertz CT molecular complexity index is 463. The Morgan fingerprint density at radius 3 is 2.78 bits per heavy atom. The molecule has 0 aliphatic rings. The van der Waals surface area contributed by atoms with Crippen molar-refractivity contribution >= 4 is 11.6 Å². The first-order valence-electron chi connectivity index (χ1n) is 5.70. The number of non-ortho nitro benzene ring substituents is 1. The summed E-state index contributed by atoms with van der Waals surface area (Å²) >= 11 is 0. The van der Waals surface area contributed by atoms with Gasteiger partial charge in [0.05, 0.1) is 10.5 Å². The average Bonchev–Trinajstić information content (AvgIpc) is 2.29. The smallest absolute Gasteiger partial charge is 0.270 e. The molecule has 1 atom stereocenters. The van der Waals surface area contributed by atoms with E-state index in [4.69, 9.17) is 0 Å². The van der Waals surface area contributed by atoms with E-state index in [1.807, 2.05) is 6.92 Å². The van der Waals surface area contributed by atoms with Crippen molar-refractivity contribution < 1.29 is 14.1 Å². The Kier molecular flexibility index (Phi) is 4.76. The molecule has 0 saturated heterocycles. The molecule has 1 amide bonds. The fraction of sp³-hybridized carbons (Fsp3) is 0.417. The lowest BCUT2D eigenvalue weighted by atomic mass is 10.1. The van der Waals surface area contributed by atoms with Gasteiger partial charge in [0.2, 0.25) is 0 Å². The molecule has 0 aliphatic carbocycles. The summed E-state index contributed by atoms with van der Waals surface area (Å²) in [6.45, 7) is 3.77. The number of nitro groups is 1. The number of hydrogen-bond acceptors (Lipinski definition) is 3. The first-order chi connectivity index (χ1) is 8.45. The number of nitro benzene ring substituents is 1. The molecule has 98 valence electrons. The summed E-state index contributed by atoms with van der Waals surface area (Å²) in [6.07, 6.45) is 1.65. The minimum absolute atomic E-state index is 0.0961. The van der Waals surface area contributed by atoms with E-state index in [0.29, 0.717) is 0 Å². The molecule has 0 spiro atoms. The molecule has 1 unspecified atom stereocenters. The quantitative estimate of drug-likeness (QED) is 0.648. The van der Waals surface area contributed by atoms with Crippen LogP contribution in [0.25, 0.3) is 0 Å². The minimum Gasteiger partial charge on any atom is -0.349 e. The van der Waals surface area contributed by atoms with Gasteiger partial charge in [0.25, 0.3) is 11.6 Å². The number of hydrogen-bond donors (Lipinski definition) is 1. The van der Waals surface area contributed by atoms with Crippen LogP contribution in [0.15, 0.2) is 18.2 Å². The topological polar surface area (TPSA) is 72.2 Å². The summed E-state index contributed by atoms with van der Waals surface area (Å²) in [7, 11) is 0. The minimum atomic E-state index is -0.762. The number of nitrogens with zero attached hydrogens (tertiary/aromatic N) is 1. The Balaban J connectivity index is 2.91. The molecule has 0 saturated carbocycles. The lowest BCUT2D eigenvalue weighted by Gasteiger charge is -2.12. The molecule has 1 aromatic carbocycles. The van der Waals surface area contributed by atoms with Gasteiger partial charge in [0.1, 0.15) is 5.82 Å². The highest BCUT2D eigenvalue weighted by molar-refractivity contribution is 5.95. The van der Waals surface area contributed by atoms with E-state index in [-0.39, 0.29) is 17.3 Å². The number of benzene rings is 1. The lowest BCUT2D eigenvalue weighted by molar-refractivity contribution is -0.384. The Labute approximate surface area is 104 Å². The van der Waals surface area contributed by atoms with Crippen LogP contribution in [0, 0.1) is 15.9 Å². The third-order valence-electron chi connectivity index (χ3n) is 2.50. The number of carbonyl (C=O) groups excluding carboxylic acids is 1. The predicted molar refractivity (Wildman–Crippen MR) is 64.9 cm³/mol. The van der Waals surface area contributed by atoms with Gasteiger partial charge >= 0.3 is 0 Å². The summed E-state index contributed by atoms with van der Waals surface area (Å²) < 4.78 is 13.4. The second-order valence-electron chi connectivity index (χ2n) is 4.08. The van der Waals surface area contributed by atoms with Crippen LogP contribution in [0.1, 0.15) is 37.0 Å². The van der Waals surface area contributed by atoms with Crippen LogP contribution in [-0.4, -0.2) is 16.9 Å². The van der Waals surface area contributed by atoms with Crippen molar-refractivity contribution in [3.05, 3.63) is 39.7 Å². The molecule has 5 nitrogen and oxygen atoms in total. The summed E-state index contributed by atoms with van der Waals surface area (Å²) in [5, 5.41) is 13.2. The van der Waals surface area contributed by atoms with Gasteiger partial charge in [-0.05, 0) is 19.4 Å². The Hall–Kier alpha value is -1.98. The molecule has 0 heterocycles. The highest BCUT2D eigenvalue weighted by Gasteiger charge is 2.17. The molecule has 1 aromatic rings. The normalized spacial score (nSPS) is 11.9. The molecule has 0 radical (unpaired) electrons. The number of nitrogens with one attached hydrogen (secondary N) is 1. The molecule has 6 heteroatoms. The third-order valence-corrected chi connectivity index (χ3v) is 2.50. The van der Waals surface area contributed by atoms with Crippen LogP contribution < -0.4 is 5.32 Å². The van der Waals surface area contributed by atoms with Crippen LogP contribution in [0.2, 0.25) is 0 Å². The monoisotopic (exact) mass is 254 g/mol. The predicted octanol–water partition coefficient (Wildman–Crippen LogP) is 2.65. The molecular formula is C12H15FN2O3. The zero-order chi connectivity index (χ0) is 13.7. The van der Waals surface area contributed by atoms with Crippen molar-refractivity contribution in [1.82, 2.24) is 5.32 Å². The first-order valence-corrected chi connectivity index (χ1v) is 5.70. The van der Waals surface area contributed by atoms with E-state index in [1.165, 1.54) is 0 Å². The standard InChI is InChI=1S/C12H15FN2O3/c1-3-4-8(2)14-12(16)10-7-9(15(17)18)5-6-11(10)13/h5-8H,3-4H2,1-2H3,(H,14,16). The average molecular weight is 254 g/mol. The summed E-state index contributed by atoms with van der Waals surface area (Å²) in [5.41, 5.74) is -0.600. The Morgan fingerprint density at radius 2 is 2.22 bits per heavy atom. The van der Waals surface area contributed by atoms with Gasteiger partial charge < -0.3 is 5.32 Å². The van der Waals surface area contributed by atoms with Gasteiger partial charge in [-0.2, -0.15) is 0 Å². The maximum absolute atomic E-state index is 13.4. The molecule has 1 N–H and O–H groups in total. The largest absolute Gasteiger partial charge is 0.349 e. The summed E-state index contributed by atoms with van der Waals surface area (Å²) in [4.78, 5) is 21.7.